The normalized spacial score (nSPS) is 51.2. The maximum Gasteiger partial charge on any atom is 0.302 e. The van der Waals surface area contributed by atoms with E-state index in [0.29, 0.717) is 6.61 Å². The van der Waals surface area contributed by atoms with Crippen LogP contribution in [-0.4, -0.2) is 42.8 Å². The molecule has 3 fully saturated rings. The maximum absolute atomic E-state index is 12.0. The van der Waals surface area contributed by atoms with Gasteiger partial charge in [0.1, 0.15) is 6.10 Å². The van der Waals surface area contributed by atoms with Gasteiger partial charge in [0, 0.05) is 31.3 Å². The molecule has 5 nitrogen and oxygen atoms in total. The fourth-order valence-electron chi connectivity index (χ4n) is 6.26. The molecule has 2 saturated carbocycles. The molecular formula is C18H30O5. The van der Waals surface area contributed by atoms with Crippen molar-refractivity contribution in [3.63, 3.8) is 0 Å². The molecule has 0 radical (unpaired) electrons. The van der Waals surface area contributed by atoms with Gasteiger partial charge in [0.25, 0.3) is 0 Å². The van der Waals surface area contributed by atoms with Gasteiger partial charge in [0.2, 0.25) is 0 Å². The molecule has 0 aromatic carbocycles. The number of rotatable bonds is 2. The summed E-state index contributed by atoms with van der Waals surface area (Å²) in [5, 5.41) is 12.0. The van der Waals surface area contributed by atoms with E-state index in [1.807, 2.05) is 0 Å². The van der Waals surface area contributed by atoms with Crippen molar-refractivity contribution in [3.8, 4) is 0 Å². The number of hydrogen-bond donors (Lipinski definition) is 1. The molecule has 0 amide bonds. The lowest BCUT2D eigenvalue weighted by Crippen LogP contribution is -2.69. The summed E-state index contributed by atoms with van der Waals surface area (Å²) in [5.74, 6) is -0.334. The van der Waals surface area contributed by atoms with Crippen molar-refractivity contribution in [2.45, 2.75) is 65.5 Å². The number of methoxy groups -OCH3 is 1. The number of hydrogen-bond acceptors (Lipinski definition) is 5. The Labute approximate surface area is 138 Å². The standard InChI is InChI=1S/C18H30O5/c1-10-7-12(23-11(2)19)14-16(3,4)8-17(5)9-22-15(21-6)13(10)18(14,17)20/h10,12-15,20H,7-9H2,1-6H3. The second-order valence-corrected chi connectivity index (χ2v) is 8.83. The third-order valence-electron chi connectivity index (χ3n) is 6.63. The molecule has 1 saturated heterocycles. The quantitative estimate of drug-likeness (QED) is 0.789. The Hall–Kier alpha value is -0.650. The van der Waals surface area contributed by atoms with Crippen molar-refractivity contribution < 1.29 is 24.1 Å². The molecule has 1 N–H and O–H groups in total. The number of ether oxygens (including phenoxy) is 3. The summed E-state index contributed by atoms with van der Waals surface area (Å²) in [6.45, 7) is 10.5. The van der Waals surface area contributed by atoms with E-state index in [2.05, 4.69) is 27.7 Å². The van der Waals surface area contributed by atoms with Gasteiger partial charge >= 0.3 is 5.97 Å². The largest absolute Gasteiger partial charge is 0.462 e. The molecule has 1 heterocycles. The van der Waals surface area contributed by atoms with Crippen LogP contribution in [0.25, 0.3) is 0 Å². The summed E-state index contributed by atoms with van der Waals surface area (Å²) >= 11 is 0. The van der Waals surface area contributed by atoms with Crippen LogP contribution in [0.3, 0.4) is 0 Å². The van der Waals surface area contributed by atoms with Crippen molar-refractivity contribution in [1.29, 1.82) is 0 Å². The molecule has 0 aromatic rings. The average molecular weight is 326 g/mol. The Bertz CT molecular complexity index is 504. The van der Waals surface area contributed by atoms with Crippen molar-refractivity contribution in [3.05, 3.63) is 0 Å². The van der Waals surface area contributed by atoms with Crippen LogP contribution in [0.5, 0.6) is 0 Å². The van der Waals surface area contributed by atoms with Crippen LogP contribution in [0, 0.1) is 28.6 Å². The van der Waals surface area contributed by atoms with Crippen LogP contribution in [0.2, 0.25) is 0 Å². The van der Waals surface area contributed by atoms with Gasteiger partial charge in [-0.15, -0.1) is 0 Å². The predicted molar refractivity (Wildman–Crippen MR) is 84.5 cm³/mol. The van der Waals surface area contributed by atoms with Crippen molar-refractivity contribution >= 4 is 5.97 Å². The lowest BCUT2D eigenvalue weighted by atomic mass is 9.54. The van der Waals surface area contributed by atoms with Crippen LogP contribution >= 0.6 is 0 Å². The SMILES string of the molecule is COC1OCC2(C)CC(C)(C)C3C(OC(C)=O)CC(C)C1C32O. The Balaban J connectivity index is 2.11. The van der Waals surface area contributed by atoms with E-state index in [-0.39, 0.29) is 40.7 Å². The lowest BCUT2D eigenvalue weighted by Gasteiger charge is -2.59. The molecule has 3 rings (SSSR count). The van der Waals surface area contributed by atoms with E-state index < -0.39 is 11.9 Å². The van der Waals surface area contributed by atoms with Crippen LogP contribution in [0.4, 0.5) is 0 Å². The molecule has 2 aliphatic carbocycles. The Morgan fingerprint density at radius 3 is 2.52 bits per heavy atom. The summed E-state index contributed by atoms with van der Waals surface area (Å²) in [7, 11) is 1.64. The van der Waals surface area contributed by atoms with E-state index in [4.69, 9.17) is 14.2 Å². The van der Waals surface area contributed by atoms with Gasteiger partial charge in [-0.3, -0.25) is 4.79 Å². The van der Waals surface area contributed by atoms with Crippen LogP contribution in [-0.2, 0) is 19.0 Å². The monoisotopic (exact) mass is 326 g/mol. The topological polar surface area (TPSA) is 65.0 Å². The van der Waals surface area contributed by atoms with Gasteiger partial charge in [-0.2, -0.15) is 0 Å². The van der Waals surface area contributed by atoms with Crippen molar-refractivity contribution in [2.24, 2.45) is 28.6 Å². The number of carbonyl (C=O) groups excluding carboxylic acids is 1. The Kier molecular flexibility index (Phi) is 3.86. The lowest BCUT2D eigenvalue weighted by molar-refractivity contribution is -0.324. The smallest absolute Gasteiger partial charge is 0.302 e. The molecule has 3 aliphatic rings. The highest BCUT2D eigenvalue weighted by atomic mass is 16.7. The zero-order valence-corrected chi connectivity index (χ0v) is 15.1. The first-order chi connectivity index (χ1) is 10.6. The van der Waals surface area contributed by atoms with E-state index in [1.165, 1.54) is 6.92 Å². The molecule has 23 heavy (non-hydrogen) atoms. The van der Waals surface area contributed by atoms with Crippen LogP contribution in [0.15, 0.2) is 0 Å². The summed E-state index contributed by atoms with van der Waals surface area (Å²) < 4.78 is 17.2. The second kappa shape index (κ2) is 5.17. The summed E-state index contributed by atoms with van der Waals surface area (Å²) in [6, 6.07) is 0. The van der Waals surface area contributed by atoms with Crippen molar-refractivity contribution in [1.82, 2.24) is 0 Å². The number of carbonyl (C=O) groups is 1. The van der Waals surface area contributed by atoms with E-state index >= 15 is 0 Å². The van der Waals surface area contributed by atoms with Gasteiger partial charge in [0.05, 0.1) is 12.2 Å². The van der Waals surface area contributed by atoms with Gasteiger partial charge in [0.15, 0.2) is 6.29 Å². The predicted octanol–water partition coefficient (Wildman–Crippen LogP) is 2.36. The highest BCUT2D eigenvalue weighted by molar-refractivity contribution is 5.66. The van der Waals surface area contributed by atoms with E-state index in [9.17, 15) is 9.90 Å². The summed E-state index contributed by atoms with van der Waals surface area (Å²) in [5.41, 5.74) is -1.44. The van der Waals surface area contributed by atoms with Crippen LogP contribution < -0.4 is 0 Å². The third-order valence-corrected chi connectivity index (χ3v) is 6.63. The van der Waals surface area contributed by atoms with Crippen LogP contribution in [0.1, 0.15) is 47.5 Å². The molecule has 0 aromatic heterocycles. The molecule has 7 unspecified atom stereocenters. The maximum atomic E-state index is 12.0. The van der Waals surface area contributed by atoms with E-state index in [1.54, 1.807) is 7.11 Å². The number of aliphatic hydroxyl groups is 1. The second-order valence-electron chi connectivity index (χ2n) is 8.83. The fourth-order valence-corrected chi connectivity index (χ4v) is 6.26. The molecular weight excluding hydrogens is 296 g/mol. The first-order valence-electron chi connectivity index (χ1n) is 8.61. The minimum absolute atomic E-state index is 0.105. The number of esters is 1. The first kappa shape index (κ1) is 17.2. The van der Waals surface area contributed by atoms with Gasteiger partial charge in [-0.1, -0.05) is 27.7 Å². The summed E-state index contributed by atoms with van der Waals surface area (Å²) in [6.07, 6.45) is 0.923. The first-order valence-corrected chi connectivity index (χ1v) is 8.61. The van der Waals surface area contributed by atoms with Crippen molar-refractivity contribution in [2.75, 3.05) is 13.7 Å². The Morgan fingerprint density at radius 1 is 1.30 bits per heavy atom. The summed E-state index contributed by atoms with van der Waals surface area (Å²) in [4.78, 5) is 11.6. The zero-order valence-electron chi connectivity index (χ0n) is 15.1. The van der Waals surface area contributed by atoms with Gasteiger partial charge in [-0.25, -0.2) is 0 Å². The Morgan fingerprint density at radius 2 is 1.96 bits per heavy atom. The fraction of sp³-hybridized carbons (Fsp3) is 0.944. The molecule has 1 aliphatic heterocycles. The van der Waals surface area contributed by atoms with Gasteiger partial charge < -0.3 is 19.3 Å². The minimum atomic E-state index is -0.951. The van der Waals surface area contributed by atoms with Gasteiger partial charge in [-0.05, 0) is 24.2 Å². The molecule has 0 spiro atoms. The zero-order chi connectivity index (χ0) is 17.2. The molecule has 7 atom stereocenters. The molecule has 0 bridgehead atoms. The van der Waals surface area contributed by atoms with E-state index in [0.717, 1.165) is 12.8 Å². The highest BCUT2D eigenvalue weighted by Crippen LogP contribution is 2.69. The average Bonchev–Trinajstić information content (AvgIpc) is 2.56. The highest BCUT2D eigenvalue weighted by Gasteiger charge is 2.74. The molecule has 5 heteroatoms. The molecule has 132 valence electrons. The minimum Gasteiger partial charge on any atom is -0.462 e. The third kappa shape index (κ3) is 2.19.